The standard InChI is InChI=1S/C18H21N3OS/c1-12-10-13(2)20-18(19-12)23-11-17(22)21(3)16-9-8-14-6-4-5-7-15(14)16/h4-7,10,16H,8-9,11H2,1-3H3. The Balaban J connectivity index is 1.64. The van der Waals surface area contributed by atoms with E-state index in [1.165, 1.54) is 22.9 Å². The third-order valence-corrected chi connectivity index (χ3v) is 5.08. The number of carbonyl (C=O) groups excluding carboxylic acids is 1. The highest BCUT2D eigenvalue weighted by molar-refractivity contribution is 7.99. The molecule has 1 heterocycles. The molecule has 0 bridgehead atoms. The number of carbonyl (C=O) groups is 1. The third-order valence-electron chi connectivity index (χ3n) is 4.25. The molecule has 1 amide bonds. The first-order valence-corrected chi connectivity index (χ1v) is 8.81. The number of hydrogen-bond donors (Lipinski definition) is 0. The van der Waals surface area contributed by atoms with Crippen molar-refractivity contribution in [3.8, 4) is 0 Å². The lowest BCUT2D eigenvalue weighted by atomic mass is 10.1. The molecule has 1 atom stereocenters. The Morgan fingerprint density at radius 2 is 1.96 bits per heavy atom. The number of benzene rings is 1. The van der Waals surface area contributed by atoms with E-state index < -0.39 is 0 Å². The maximum absolute atomic E-state index is 12.5. The smallest absolute Gasteiger partial charge is 0.233 e. The first-order chi connectivity index (χ1) is 11.0. The van der Waals surface area contributed by atoms with Gasteiger partial charge in [0.1, 0.15) is 0 Å². The van der Waals surface area contributed by atoms with E-state index >= 15 is 0 Å². The molecule has 1 aliphatic carbocycles. The van der Waals surface area contributed by atoms with Crippen LogP contribution in [0.5, 0.6) is 0 Å². The molecule has 1 aliphatic rings. The summed E-state index contributed by atoms with van der Waals surface area (Å²) in [4.78, 5) is 23.2. The largest absolute Gasteiger partial charge is 0.338 e. The number of aromatic nitrogens is 2. The molecule has 1 unspecified atom stereocenters. The van der Waals surface area contributed by atoms with Gasteiger partial charge in [-0.2, -0.15) is 0 Å². The minimum absolute atomic E-state index is 0.125. The van der Waals surface area contributed by atoms with E-state index in [-0.39, 0.29) is 11.9 Å². The number of aryl methyl sites for hydroxylation is 3. The van der Waals surface area contributed by atoms with E-state index in [4.69, 9.17) is 0 Å². The molecule has 23 heavy (non-hydrogen) atoms. The van der Waals surface area contributed by atoms with Crippen molar-refractivity contribution in [3.05, 3.63) is 52.8 Å². The van der Waals surface area contributed by atoms with Crippen molar-refractivity contribution >= 4 is 17.7 Å². The zero-order valence-electron chi connectivity index (χ0n) is 13.7. The van der Waals surface area contributed by atoms with Gasteiger partial charge in [-0.15, -0.1) is 0 Å². The summed E-state index contributed by atoms with van der Waals surface area (Å²) in [6.07, 6.45) is 2.05. The molecule has 0 saturated heterocycles. The van der Waals surface area contributed by atoms with Crippen LogP contribution in [0.15, 0.2) is 35.5 Å². The maximum Gasteiger partial charge on any atom is 0.233 e. The maximum atomic E-state index is 12.5. The Hall–Kier alpha value is -1.88. The lowest BCUT2D eigenvalue weighted by Gasteiger charge is -2.25. The molecule has 0 fully saturated rings. The summed E-state index contributed by atoms with van der Waals surface area (Å²) in [5, 5.41) is 0.677. The van der Waals surface area contributed by atoms with Gasteiger partial charge in [0.2, 0.25) is 5.91 Å². The molecule has 2 aromatic rings. The van der Waals surface area contributed by atoms with E-state index in [1.807, 2.05) is 37.9 Å². The van der Waals surface area contributed by atoms with Crippen LogP contribution in [0.3, 0.4) is 0 Å². The Kier molecular flexibility index (Phi) is 4.66. The summed E-state index contributed by atoms with van der Waals surface area (Å²) in [6.45, 7) is 3.89. The van der Waals surface area contributed by atoms with E-state index in [1.54, 1.807) is 0 Å². The van der Waals surface area contributed by atoms with Gasteiger partial charge in [0.25, 0.3) is 0 Å². The first kappa shape index (κ1) is 16.0. The minimum atomic E-state index is 0.125. The summed E-state index contributed by atoms with van der Waals surface area (Å²) in [7, 11) is 1.90. The number of fused-ring (bicyclic) bond motifs is 1. The number of hydrogen-bond acceptors (Lipinski definition) is 4. The van der Waals surface area contributed by atoms with Crippen LogP contribution < -0.4 is 0 Å². The number of thioether (sulfide) groups is 1. The van der Waals surface area contributed by atoms with Crippen molar-refractivity contribution in [2.24, 2.45) is 0 Å². The van der Waals surface area contributed by atoms with Gasteiger partial charge in [-0.25, -0.2) is 9.97 Å². The van der Waals surface area contributed by atoms with Crippen molar-refractivity contribution < 1.29 is 4.79 Å². The fraction of sp³-hybridized carbons (Fsp3) is 0.389. The van der Waals surface area contributed by atoms with Gasteiger partial charge in [0.05, 0.1) is 11.8 Å². The van der Waals surface area contributed by atoms with E-state index in [9.17, 15) is 4.79 Å². The predicted octanol–water partition coefficient (Wildman–Crippen LogP) is 3.33. The molecule has 0 N–H and O–H groups in total. The summed E-state index contributed by atoms with van der Waals surface area (Å²) < 4.78 is 0. The molecule has 0 radical (unpaired) electrons. The second-order valence-electron chi connectivity index (χ2n) is 5.98. The van der Waals surface area contributed by atoms with E-state index in [0.29, 0.717) is 10.9 Å². The van der Waals surface area contributed by atoms with Crippen LogP contribution in [-0.4, -0.2) is 33.6 Å². The predicted molar refractivity (Wildman–Crippen MR) is 92.5 cm³/mol. The SMILES string of the molecule is Cc1cc(C)nc(SCC(=O)N(C)C2CCc3ccccc32)n1. The van der Waals surface area contributed by atoms with Crippen molar-refractivity contribution in [3.63, 3.8) is 0 Å². The summed E-state index contributed by atoms with van der Waals surface area (Å²) >= 11 is 1.41. The molecule has 0 spiro atoms. The Bertz CT molecular complexity index is 712. The van der Waals surface area contributed by atoms with Gasteiger partial charge in [-0.05, 0) is 43.9 Å². The normalized spacial score (nSPS) is 16.2. The number of rotatable bonds is 4. The fourth-order valence-corrected chi connectivity index (χ4v) is 3.97. The van der Waals surface area contributed by atoms with Gasteiger partial charge >= 0.3 is 0 Å². The van der Waals surface area contributed by atoms with Crippen molar-refractivity contribution in [2.75, 3.05) is 12.8 Å². The molecule has 5 heteroatoms. The molecule has 1 aromatic heterocycles. The quantitative estimate of drug-likeness (QED) is 0.638. The molecule has 0 aliphatic heterocycles. The van der Waals surface area contributed by atoms with Gasteiger partial charge in [-0.1, -0.05) is 36.0 Å². The van der Waals surface area contributed by atoms with Crippen LogP contribution in [0.4, 0.5) is 0 Å². The Morgan fingerprint density at radius 3 is 2.70 bits per heavy atom. The second kappa shape index (κ2) is 6.71. The van der Waals surface area contributed by atoms with Gasteiger partial charge < -0.3 is 4.90 Å². The van der Waals surface area contributed by atoms with Crippen LogP contribution >= 0.6 is 11.8 Å². The van der Waals surface area contributed by atoms with Crippen LogP contribution in [0.2, 0.25) is 0 Å². The Morgan fingerprint density at radius 1 is 1.26 bits per heavy atom. The molecule has 0 saturated carbocycles. The van der Waals surface area contributed by atoms with E-state index in [2.05, 4.69) is 28.2 Å². The van der Waals surface area contributed by atoms with Crippen LogP contribution in [-0.2, 0) is 11.2 Å². The highest BCUT2D eigenvalue weighted by Gasteiger charge is 2.28. The highest BCUT2D eigenvalue weighted by atomic mass is 32.2. The average Bonchev–Trinajstić information content (AvgIpc) is 2.95. The first-order valence-electron chi connectivity index (χ1n) is 7.83. The summed E-state index contributed by atoms with van der Waals surface area (Å²) in [5.41, 5.74) is 4.52. The van der Waals surface area contributed by atoms with Crippen LogP contribution in [0, 0.1) is 13.8 Å². The molecule has 120 valence electrons. The lowest BCUT2D eigenvalue weighted by Crippen LogP contribution is -2.31. The van der Waals surface area contributed by atoms with E-state index in [0.717, 1.165) is 24.2 Å². The Labute approximate surface area is 141 Å². The second-order valence-corrected chi connectivity index (χ2v) is 6.92. The van der Waals surface area contributed by atoms with Gasteiger partial charge in [0, 0.05) is 18.4 Å². The van der Waals surface area contributed by atoms with Gasteiger partial charge in [0.15, 0.2) is 5.16 Å². The number of amides is 1. The highest BCUT2D eigenvalue weighted by Crippen LogP contribution is 2.35. The molecular weight excluding hydrogens is 306 g/mol. The van der Waals surface area contributed by atoms with Crippen LogP contribution in [0.25, 0.3) is 0 Å². The molecule has 3 rings (SSSR count). The molecular formula is C18H21N3OS. The third kappa shape index (κ3) is 3.55. The van der Waals surface area contributed by atoms with Gasteiger partial charge in [-0.3, -0.25) is 4.79 Å². The fourth-order valence-electron chi connectivity index (χ4n) is 3.10. The average molecular weight is 327 g/mol. The summed E-state index contributed by atoms with van der Waals surface area (Å²) in [5.74, 6) is 0.498. The monoisotopic (exact) mass is 327 g/mol. The zero-order valence-corrected chi connectivity index (χ0v) is 14.6. The summed E-state index contributed by atoms with van der Waals surface area (Å²) in [6, 6.07) is 10.5. The zero-order chi connectivity index (χ0) is 16.4. The van der Waals surface area contributed by atoms with Crippen LogP contribution in [0.1, 0.15) is 35.0 Å². The number of nitrogens with zero attached hydrogens (tertiary/aromatic N) is 3. The lowest BCUT2D eigenvalue weighted by molar-refractivity contribution is -0.129. The van der Waals surface area contributed by atoms with Crippen molar-refractivity contribution in [1.29, 1.82) is 0 Å². The molecule has 1 aromatic carbocycles. The van der Waals surface area contributed by atoms with Crippen molar-refractivity contribution in [1.82, 2.24) is 14.9 Å². The van der Waals surface area contributed by atoms with Crippen molar-refractivity contribution in [2.45, 2.75) is 37.9 Å². The molecule has 4 nitrogen and oxygen atoms in total. The topological polar surface area (TPSA) is 46.1 Å². The minimum Gasteiger partial charge on any atom is -0.338 e.